The number of hydrogen-bond donors (Lipinski definition) is 0. The molecule has 40 heavy (non-hydrogen) atoms. The standard InChI is InChI=1S/C21H20NOSi.C14H14N.Ir/c1-14-11-12-17(22-13-14)15-7-5-8-16-20-18(23-21(15)16)9-6-10-19(20)24(2,3)4;1-11(2)13-8-9-14(15-10-13)12-6-4-3-5-7-12;/h5-6,8-13H,1-4H3;3-6,8-11H,1-2H3;/q2*-1;/i1D3;;. The molecule has 1 radical (unpaired) electrons. The maximum atomic E-state index is 7.51. The second kappa shape index (κ2) is 12.4. The van der Waals surface area contributed by atoms with Crippen LogP contribution < -0.4 is 5.19 Å². The van der Waals surface area contributed by atoms with Crippen LogP contribution in [-0.4, -0.2) is 18.0 Å². The third-order valence-electron chi connectivity index (χ3n) is 6.72. The molecule has 3 nitrogen and oxygen atoms in total. The smallest absolute Gasteiger partial charge is 0.120 e. The molecule has 0 saturated carbocycles. The maximum absolute atomic E-state index is 7.51. The van der Waals surface area contributed by atoms with Gasteiger partial charge in [0.25, 0.3) is 0 Å². The second-order valence-electron chi connectivity index (χ2n) is 11.0. The quantitative estimate of drug-likeness (QED) is 0.135. The maximum Gasteiger partial charge on any atom is 0.120 e. The van der Waals surface area contributed by atoms with E-state index in [9.17, 15) is 0 Å². The zero-order valence-electron chi connectivity index (χ0n) is 26.4. The summed E-state index contributed by atoms with van der Waals surface area (Å²) < 4.78 is 28.7. The monoisotopic (exact) mass is 722 g/mol. The summed E-state index contributed by atoms with van der Waals surface area (Å²) in [6, 6.07) is 32.0. The Bertz CT molecular complexity index is 1810. The number of aryl methyl sites for hydroxylation is 1. The van der Waals surface area contributed by atoms with E-state index in [0.29, 0.717) is 11.6 Å². The summed E-state index contributed by atoms with van der Waals surface area (Å²) in [6.45, 7) is 9.16. The van der Waals surface area contributed by atoms with Gasteiger partial charge in [0.1, 0.15) is 5.58 Å². The molecule has 0 spiro atoms. The average Bonchev–Trinajstić information content (AvgIpc) is 3.36. The number of furan rings is 1. The van der Waals surface area contributed by atoms with E-state index >= 15 is 0 Å². The number of nitrogens with zero attached hydrogens (tertiary/aromatic N) is 2. The number of pyridine rings is 2. The van der Waals surface area contributed by atoms with Crippen LogP contribution in [0.4, 0.5) is 0 Å². The molecular weight excluding hydrogens is 685 g/mol. The van der Waals surface area contributed by atoms with Gasteiger partial charge in [-0.3, -0.25) is 0 Å². The van der Waals surface area contributed by atoms with E-state index in [1.807, 2.05) is 54.7 Å². The third-order valence-corrected chi connectivity index (χ3v) is 8.76. The van der Waals surface area contributed by atoms with Crippen molar-refractivity contribution in [2.75, 3.05) is 0 Å². The number of hydrogen-bond acceptors (Lipinski definition) is 3. The zero-order chi connectivity index (χ0) is 30.1. The molecule has 0 fully saturated rings. The molecule has 0 aliphatic heterocycles. The van der Waals surface area contributed by atoms with Crippen molar-refractivity contribution in [3.63, 3.8) is 0 Å². The third kappa shape index (κ3) is 6.33. The molecule has 3 aromatic heterocycles. The van der Waals surface area contributed by atoms with Crippen LogP contribution in [0.2, 0.25) is 19.6 Å². The molecule has 3 heterocycles. The van der Waals surface area contributed by atoms with Crippen molar-refractivity contribution in [3.8, 4) is 22.5 Å². The van der Waals surface area contributed by atoms with Gasteiger partial charge in [-0.05, 0) is 41.4 Å². The number of aromatic nitrogens is 2. The van der Waals surface area contributed by atoms with Crippen LogP contribution in [0.3, 0.4) is 0 Å². The summed E-state index contributed by atoms with van der Waals surface area (Å²) in [7, 11) is -1.55. The minimum Gasteiger partial charge on any atom is -0.501 e. The van der Waals surface area contributed by atoms with Gasteiger partial charge < -0.3 is 14.4 Å². The molecule has 5 heteroatoms. The van der Waals surface area contributed by atoms with Gasteiger partial charge in [0, 0.05) is 42.0 Å². The van der Waals surface area contributed by atoms with Crippen molar-refractivity contribution >= 4 is 35.2 Å². The van der Waals surface area contributed by atoms with Crippen LogP contribution in [0, 0.1) is 19.0 Å². The van der Waals surface area contributed by atoms with Gasteiger partial charge in [-0.25, -0.2) is 0 Å². The van der Waals surface area contributed by atoms with Crippen LogP contribution in [0.1, 0.15) is 35.0 Å². The van der Waals surface area contributed by atoms with Gasteiger partial charge in [-0.2, -0.15) is 0 Å². The number of fused-ring (bicyclic) bond motifs is 3. The molecule has 0 unspecified atom stereocenters. The van der Waals surface area contributed by atoms with E-state index in [-0.39, 0.29) is 25.7 Å². The molecule has 0 amide bonds. The van der Waals surface area contributed by atoms with Gasteiger partial charge in [-0.15, -0.1) is 54.1 Å². The Hall–Kier alpha value is -3.37. The van der Waals surface area contributed by atoms with E-state index in [2.05, 4.69) is 73.8 Å². The minimum absolute atomic E-state index is 0. The van der Waals surface area contributed by atoms with Crippen molar-refractivity contribution < 1.29 is 28.6 Å². The molecule has 0 aliphatic rings. The predicted molar refractivity (Wildman–Crippen MR) is 166 cm³/mol. The van der Waals surface area contributed by atoms with E-state index in [1.54, 1.807) is 12.1 Å². The number of rotatable bonds is 4. The summed E-state index contributed by atoms with van der Waals surface area (Å²) in [5, 5.41) is 3.58. The van der Waals surface area contributed by atoms with Crippen molar-refractivity contribution in [2.24, 2.45) is 0 Å². The van der Waals surface area contributed by atoms with E-state index in [0.717, 1.165) is 33.4 Å². The normalized spacial score (nSPS) is 12.7. The Balaban J connectivity index is 0.000000225. The molecule has 6 aromatic rings. The Labute approximate surface area is 256 Å². The van der Waals surface area contributed by atoms with Crippen LogP contribution in [0.15, 0.2) is 95.7 Å². The molecule has 3 aromatic carbocycles. The fourth-order valence-electron chi connectivity index (χ4n) is 4.61. The molecule has 6 rings (SSSR count). The summed E-state index contributed by atoms with van der Waals surface area (Å²) >= 11 is 0. The van der Waals surface area contributed by atoms with Crippen molar-refractivity contribution in [2.45, 2.75) is 46.3 Å². The van der Waals surface area contributed by atoms with Gasteiger partial charge in [0.05, 0.1) is 13.7 Å². The van der Waals surface area contributed by atoms with Crippen molar-refractivity contribution in [3.05, 3.63) is 115 Å². The predicted octanol–water partition coefficient (Wildman–Crippen LogP) is 8.97. The van der Waals surface area contributed by atoms with Crippen molar-refractivity contribution in [1.82, 2.24) is 9.97 Å². The van der Waals surface area contributed by atoms with E-state index in [1.165, 1.54) is 22.3 Å². The first kappa shape index (κ1) is 25.6. The van der Waals surface area contributed by atoms with Crippen LogP contribution in [0.5, 0.6) is 0 Å². The fourth-order valence-corrected chi connectivity index (χ4v) is 6.21. The van der Waals surface area contributed by atoms with Gasteiger partial charge in [0.2, 0.25) is 0 Å². The molecule has 0 aliphatic carbocycles. The average molecular weight is 722 g/mol. The largest absolute Gasteiger partial charge is 0.501 e. The Morgan fingerprint density at radius 1 is 0.825 bits per heavy atom. The van der Waals surface area contributed by atoms with Crippen molar-refractivity contribution in [1.29, 1.82) is 0 Å². The molecule has 0 atom stereocenters. The van der Waals surface area contributed by atoms with Crippen LogP contribution >= 0.6 is 0 Å². The molecule has 205 valence electrons. The summed E-state index contributed by atoms with van der Waals surface area (Å²) in [5.74, 6) is 0.534. The topological polar surface area (TPSA) is 38.9 Å². The Morgan fingerprint density at radius 3 is 2.25 bits per heavy atom. The summed E-state index contributed by atoms with van der Waals surface area (Å²) in [6.07, 6.45) is 3.35. The van der Waals surface area contributed by atoms with Gasteiger partial charge in [0.15, 0.2) is 0 Å². The second-order valence-corrected chi connectivity index (χ2v) is 16.0. The minimum atomic E-state index is -2.16. The fraction of sp³-hybridized carbons (Fsp3) is 0.200. The first-order valence-corrected chi connectivity index (χ1v) is 16.7. The first-order chi connectivity index (χ1) is 19.9. The Kier molecular flexibility index (Phi) is 7.95. The number of benzene rings is 3. The van der Waals surface area contributed by atoms with Crippen LogP contribution in [-0.2, 0) is 20.1 Å². The molecule has 0 bridgehead atoms. The zero-order valence-corrected chi connectivity index (χ0v) is 26.8. The molecule has 0 saturated heterocycles. The summed E-state index contributed by atoms with van der Waals surface area (Å²) in [5.41, 5.74) is 6.55. The van der Waals surface area contributed by atoms with E-state index in [4.69, 9.17) is 8.53 Å². The first-order valence-electron chi connectivity index (χ1n) is 14.7. The van der Waals surface area contributed by atoms with E-state index < -0.39 is 14.9 Å². The summed E-state index contributed by atoms with van der Waals surface area (Å²) in [4.78, 5) is 8.80. The molecular formula is C35H34IrN2OSi-2. The van der Waals surface area contributed by atoms with Gasteiger partial charge >= 0.3 is 0 Å². The molecule has 0 N–H and O–H groups in total. The van der Waals surface area contributed by atoms with Gasteiger partial charge in [-0.1, -0.05) is 86.0 Å². The van der Waals surface area contributed by atoms with Crippen LogP contribution in [0.25, 0.3) is 44.5 Å². The Morgan fingerprint density at radius 2 is 1.62 bits per heavy atom. The SMILES string of the molecule is CC(C)c1ccc(-c2[c-]cccc2)nc1.[2H]C([2H])([2H])c1ccc(-c2[c-]ccc3c2oc2cccc([Si](C)(C)C)c23)nc1.[Ir].